The summed E-state index contributed by atoms with van der Waals surface area (Å²) in [4.78, 5) is 0. The van der Waals surface area contributed by atoms with Gasteiger partial charge in [-0.05, 0) is 24.7 Å². The molecule has 0 unspecified atom stereocenters. The number of nitrogens with zero attached hydrogens (tertiary/aromatic N) is 1. The molecule has 1 aliphatic carbocycles. The van der Waals surface area contributed by atoms with E-state index in [1.807, 2.05) is 0 Å². The van der Waals surface area contributed by atoms with Crippen molar-refractivity contribution < 1.29 is 8.42 Å². The van der Waals surface area contributed by atoms with E-state index in [-0.39, 0.29) is 5.41 Å². The van der Waals surface area contributed by atoms with Crippen LogP contribution in [0.4, 0.5) is 0 Å². The minimum Gasteiger partial charge on any atom is -0.214 e. The van der Waals surface area contributed by atoms with Gasteiger partial charge in [-0.1, -0.05) is 19.8 Å². The predicted molar refractivity (Wildman–Crippen MR) is 58.6 cm³/mol. The molecule has 0 aromatic heterocycles. The molecule has 1 N–H and O–H groups in total. The molecule has 0 aromatic carbocycles. The summed E-state index contributed by atoms with van der Waals surface area (Å²) in [5.74, 6) is -0.438. The first-order valence-corrected chi connectivity index (χ1v) is 7.03. The first kappa shape index (κ1) is 12.5. The van der Waals surface area contributed by atoms with Crippen molar-refractivity contribution >= 4 is 10.0 Å². The number of nitrogens with one attached hydrogen (secondary N) is 1. The van der Waals surface area contributed by atoms with Gasteiger partial charge in [-0.2, -0.15) is 5.26 Å². The minimum absolute atomic E-state index is 0.141. The van der Waals surface area contributed by atoms with Gasteiger partial charge in [0, 0.05) is 6.54 Å². The molecule has 1 rings (SSSR count). The molecule has 0 saturated heterocycles. The smallest absolute Gasteiger partial charge is 0.214 e. The van der Waals surface area contributed by atoms with Gasteiger partial charge in [-0.25, -0.2) is 13.1 Å². The fraction of sp³-hybridized carbons (Fsp3) is 0.900. The second-order valence-corrected chi connectivity index (χ2v) is 6.11. The maximum atomic E-state index is 11.3. The summed E-state index contributed by atoms with van der Waals surface area (Å²) in [5.41, 5.74) is 0.141. The monoisotopic (exact) mass is 230 g/mol. The van der Waals surface area contributed by atoms with Gasteiger partial charge < -0.3 is 0 Å². The molecule has 1 aliphatic rings. The van der Waals surface area contributed by atoms with Crippen LogP contribution in [0.15, 0.2) is 0 Å². The summed E-state index contributed by atoms with van der Waals surface area (Å²) >= 11 is 0. The van der Waals surface area contributed by atoms with Crippen molar-refractivity contribution in [3.8, 4) is 6.07 Å². The van der Waals surface area contributed by atoms with Crippen molar-refractivity contribution in [2.45, 2.75) is 39.0 Å². The zero-order valence-corrected chi connectivity index (χ0v) is 9.94. The molecule has 0 radical (unpaired) electrons. The zero-order valence-electron chi connectivity index (χ0n) is 9.12. The van der Waals surface area contributed by atoms with Gasteiger partial charge in [0.2, 0.25) is 10.0 Å². The lowest BCUT2D eigenvalue weighted by molar-refractivity contribution is 0.286. The van der Waals surface area contributed by atoms with Crippen LogP contribution >= 0.6 is 0 Å². The lowest BCUT2D eigenvalue weighted by Crippen LogP contribution is -2.36. The van der Waals surface area contributed by atoms with Crippen LogP contribution in [0.2, 0.25) is 0 Å². The maximum absolute atomic E-state index is 11.3. The van der Waals surface area contributed by atoms with E-state index in [9.17, 15) is 8.42 Å². The van der Waals surface area contributed by atoms with Crippen molar-refractivity contribution in [1.82, 2.24) is 4.72 Å². The highest BCUT2D eigenvalue weighted by atomic mass is 32.2. The average molecular weight is 230 g/mol. The summed E-state index contributed by atoms with van der Waals surface area (Å²) < 4.78 is 25.2. The third kappa shape index (κ3) is 3.47. The summed E-state index contributed by atoms with van der Waals surface area (Å²) in [7, 11) is -3.38. The molecule has 15 heavy (non-hydrogen) atoms. The Hall–Kier alpha value is -0.600. The summed E-state index contributed by atoms with van der Waals surface area (Å²) in [6.45, 7) is 2.59. The van der Waals surface area contributed by atoms with Gasteiger partial charge >= 0.3 is 0 Å². The first-order chi connectivity index (χ1) is 7.04. The van der Waals surface area contributed by atoms with E-state index in [1.54, 1.807) is 6.07 Å². The Balaban J connectivity index is 2.52. The van der Waals surface area contributed by atoms with Crippen molar-refractivity contribution in [3.05, 3.63) is 0 Å². The Labute approximate surface area is 91.7 Å². The zero-order chi connectivity index (χ0) is 11.4. The second kappa shape index (κ2) is 4.95. The molecule has 4 nitrogen and oxygen atoms in total. The van der Waals surface area contributed by atoms with Crippen molar-refractivity contribution in [2.24, 2.45) is 5.41 Å². The molecule has 0 amide bonds. The van der Waals surface area contributed by atoms with E-state index in [0.29, 0.717) is 6.54 Å². The molecule has 0 atom stereocenters. The Morgan fingerprint density at radius 1 is 1.40 bits per heavy atom. The molecule has 1 saturated carbocycles. The van der Waals surface area contributed by atoms with Crippen LogP contribution in [0, 0.1) is 16.7 Å². The van der Waals surface area contributed by atoms with Gasteiger partial charge in [-0.3, -0.25) is 0 Å². The highest BCUT2D eigenvalue weighted by Gasteiger charge is 2.32. The van der Waals surface area contributed by atoms with Gasteiger partial charge in [0.05, 0.1) is 6.07 Å². The Kier molecular flexibility index (Phi) is 4.12. The topological polar surface area (TPSA) is 70.0 Å². The maximum Gasteiger partial charge on any atom is 0.225 e. The SMILES string of the molecule is CCC1(CNS(=O)(=O)CC#N)CCCC1. The average Bonchev–Trinajstić information content (AvgIpc) is 2.64. The first-order valence-electron chi connectivity index (χ1n) is 5.38. The lowest BCUT2D eigenvalue weighted by atomic mass is 9.84. The predicted octanol–water partition coefficient (Wildman–Crippen LogP) is 1.40. The normalized spacial score (nSPS) is 20.0. The van der Waals surface area contributed by atoms with E-state index in [2.05, 4.69) is 11.6 Å². The Morgan fingerprint density at radius 2 is 2.00 bits per heavy atom. The van der Waals surface area contributed by atoms with Crippen LogP contribution in [0.3, 0.4) is 0 Å². The van der Waals surface area contributed by atoms with Gasteiger partial charge in [0.25, 0.3) is 0 Å². The quantitative estimate of drug-likeness (QED) is 0.776. The molecular weight excluding hydrogens is 212 g/mol. The molecule has 86 valence electrons. The van der Waals surface area contributed by atoms with Gasteiger partial charge in [0.1, 0.15) is 0 Å². The van der Waals surface area contributed by atoms with E-state index in [4.69, 9.17) is 5.26 Å². The highest BCUT2D eigenvalue weighted by Crippen LogP contribution is 2.40. The number of nitriles is 1. The van der Waals surface area contributed by atoms with Crippen molar-refractivity contribution in [3.63, 3.8) is 0 Å². The number of rotatable bonds is 5. The molecule has 0 aliphatic heterocycles. The van der Waals surface area contributed by atoms with Gasteiger partial charge in [0.15, 0.2) is 5.75 Å². The number of hydrogen-bond donors (Lipinski definition) is 1. The van der Waals surface area contributed by atoms with E-state index < -0.39 is 15.8 Å². The van der Waals surface area contributed by atoms with Crippen LogP contribution in [0.1, 0.15) is 39.0 Å². The van der Waals surface area contributed by atoms with E-state index >= 15 is 0 Å². The standard InChI is InChI=1S/C10H18N2O2S/c1-2-10(5-3-4-6-10)9-12-15(13,14)8-7-11/h12H,2-6,8-9H2,1H3. The third-order valence-electron chi connectivity index (χ3n) is 3.34. The molecule has 0 heterocycles. The minimum atomic E-state index is -3.38. The van der Waals surface area contributed by atoms with E-state index in [1.165, 1.54) is 12.8 Å². The lowest BCUT2D eigenvalue weighted by Gasteiger charge is -2.27. The number of hydrogen-bond acceptors (Lipinski definition) is 3. The van der Waals surface area contributed by atoms with Crippen molar-refractivity contribution in [2.75, 3.05) is 12.3 Å². The highest BCUT2D eigenvalue weighted by molar-refractivity contribution is 7.89. The fourth-order valence-electron chi connectivity index (χ4n) is 2.18. The van der Waals surface area contributed by atoms with Crippen LogP contribution in [-0.2, 0) is 10.0 Å². The van der Waals surface area contributed by atoms with Crippen LogP contribution in [0.25, 0.3) is 0 Å². The molecular formula is C10H18N2O2S. The summed E-state index contributed by atoms with van der Waals surface area (Å²) in [6.07, 6.45) is 5.57. The largest absolute Gasteiger partial charge is 0.225 e. The molecule has 5 heteroatoms. The second-order valence-electron chi connectivity index (χ2n) is 4.30. The van der Waals surface area contributed by atoms with Crippen molar-refractivity contribution in [1.29, 1.82) is 5.26 Å². The summed E-state index contributed by atoms with van der Waals surface area (Å²) in [5, 5.41) is 8.35. The van der Waals surface area contributed by atoms with Gasteiger partial charge in [-0.15, -0.1) is 0 Å². The summed E-state index contributed by atoms with van der Waals surface area (Å²) in [6, 6.07) is 1.66. The fourth-order valence-corrected chi connectivity index (χ4v) is 2.98. The van der Waals surface area contributed by atoms with Crippen LogP contribution in [0.5, 0.6) is 0 Å². The molecule has 0 spiro atoms. The van der Waals surface area contributed by atoms with E-state index in [0.717, 1.165) is 19.3 Å². The third-order valence-corrected chi connectivity index (χ3v) is 4.43. The number of sulfonamides is 1. The Bertz CT molecular complexity index is 337. The van der Waals surface area contributed by atoms with Crippen LogP contribution in [-0.4, -0.2) is 20.7 Å². The Morgan fingerprint density at radius 3 is 2.47 bits per heavy atom. The molecule has 1 fully saturated rings. The molecule has 0 aromatic rings. The molecule has 0 bridgehead atoms. The van der Waals surface area contributed by atoms with Crippen LogP contribution < -0.4 is 4.72 Å².